The van der Waals surface area contributed by atoms with Crippen molar-refractivity contribution >= 4 is 5.82 Å². The van der Waals surface area contributed by atoms with Crippen LogP contribution in [0.2, 0.25) is 0 Å². The number of rotatable bonds is 4. The van der Waals surface area contributed by atoms with Crippen molar-refractivity contribution in [3.8, 4) is 0 Å². The smallest absolute Gasteiger partial charge is 0.133 e. The zero-order valence-electron chi connectivity index (χ0n) is 11.7. The number of likely N-dealkylation sites (N-methyl/N-ethyl adjacent to an activating group) is 1. The lowest BCUT2D eigenvalue weighted by molar-refractivity contribution is 0.270. The molecule has 0 amide bonds. The van der Waals surface area contributed by atoms with Crippen molar-refractivity contribution in [2.45, 2.75) is 19.9 Å². The Kier molecular flexibility index (Phi) is 4.55. The number of piperazine rings is 1. The molecule has 4 heteroatoms. The summed E-state index contributed by atoms with van der Waals surface area (Å²) in [6.07, 6.45) is 1.90. The second-order valence-electron chi connectivity index (χ2n) is 4.85. The summed E-state index contributed by atoms with van der Waals surface area (Å²) in [7, 11) is 2.00. The van der Waals surface area contributed by atoms with Gasteiger partial charge in [-0.05, 0) is 26.6 Å². The van der Waals surface area contributed by atoms with E-state index in [-0.39, 0.29) is 0 Å². The van der Waals surface area contributed by atoms with Gasteiger partial charge in [0.1, 0.15) is 5.82 Å². The molecule has 1 aromatic heterocycles. The summed E-state index contributed by atoms with van der Waals surface area (Å²) in [6.45, 7) is 9.99. The first-order chi connectivity index (χ1) is 8.76. The van der Waals surface area contributed by atoms with E-state index in [1.807, 2.05) is 19.3 Å². The van der Waals surface area contributed by atoms with Gasteiger partial charge in [-0.3, -0.25) is 0 Å². The van der Waals surface area contributed by atoms with Crippen LogP contribution in [0, 0.1) is 0 Å². The van der Waals surface area contributed by atoms with Gasteiger partial charge in [0.25, 0.3) is 0 Å². The summed E-state index contributed by atoms with van der Waals surface area (Å²) in [4.78, 5) is 9.49. The van der Waals surface area contributed by atoms with E-state index in [0.717, 1.165) is 38.5 Å². The van der Waals surface area contributed by atoms with E-state index < -0.39 is 0 Å². The first-order valence-corrected chi connectivity index (χ1v) is 6.85. The average Bonchev–Trinajstić information content (AvgIpc) is 2.46. The van der Waals surface area contributed by atoms with Crippen molar-refractivity contribution < 1.29 is 0 Å². The molecule has 18 heavy (non-hydrogen) atoms. The van der Waals surface area contributed by atoms with Crippen LogP contribution in [0.5, 0.6) is 0 Å². The van der Waals surface area contributed by atoms with Crippen LogP contribution in [0.1, 0.15) is 25.5 Å². The van der Waals surface area contributed by atoms with Crippen LogP contribution in [0.15, 0.2) is 18.3 Å². The molecule has 1 aromatic rings. The van der Waals surface area contributed by atoms with Gasteiger partial charge < -0.3 is 15.1 Å². The van der Waals surface area contributed by atoms with E-state index in [0.29, 0.717) is 6.04 Å². The van der Waals surface area contributed by atoms with Crippen molar-refractivity contribution in [3.63, 3.8) is 0 Å². The van der Waals surface area contributed by atoms with Crippen molar-refractivity contribution in [3.05, 3.63) is 23.9 Å². The number of hydrogen-bond acceptors (Lipinski definition) is 4. The molecule has 2 rings (SSSR count). The van der Waals surface area contributed by atoms with Crippen LogP contribution in [-0.2, 0) is 0 Å². The molecular formula is C14H24N4. The Morgan fingerprint density at radius 3 is 2.67 bits per heavy atom. The lowest BCUT2D eigenvalue weighted by Crippen LogP contribution is -2.46. The van der Waals surface area contributed by atoms with E-state index >= 15 is 0 Å². The SMILES string of the molecule is CCN1CCN(c2ncccc2C(C)NC)CC1. The summed E-state index contributed by atoms with van der Waals surface area (Å²) in [5.74, 6) is 1.15. The zero-order valence-corrected chi connectivity index (χ0v) is 11.7. The summed E-state index contributed by atoms with van der Waals surface area (Å²) in [5.41, 5.74) is 1.30. The number of hydrogen-bond donors (Lipinski definition) is 1. The topological polar surface area (TPSA) is 31.4 Å². The number of nitrogens with zero attached hydrogens (tertiary/aromatic N) is 3. The highest BCUT2D eigenvalue weighted by molar-refractivity contribution is 5.48. The molecule has 0 aromatic carbocycles. The average molecular weight is 248 g/mol. The van der Waals surface area contributed by atoms with Gasteiger partial charge in [0, 0.05) is 44.0 Å². The predicted octanol–water partition coefficient (Wildman–Crippen LogP) is 1.50. The Morgan fingerprint density at radius 1 is 1.33 bits per heavy atom. The molecule has 1 N–H and O–H groups in total. The van der Waals surface area contributed by atoms with Crippen LogP contribution in [0.3, 0.4) is 0 Å². The summed E-state index contributed by atoms with van der Waals surface area (Å²) in [5, 5.41) is 3.30. The van der Waals surface area contributed by atoms with Gasteiger partial charge in [0.05, 0.1) is 0 Å². The fourth-order valence-electron chi connectivity index (χ4n) is 2.44. The number of pyridine rings is 1. The lowest BCUT2D eigenvalue weighted by Gasteiger charge is -2.36. The minimum atomic E-state index is 0.345. The predicted molar refractivity (Wildman–Crippen MR) is 76.0 cm³/mol. The maximum Gasteiger partial charge on any atom is 0.133 e. The second kappa shape index (κ2) is 6.16. The normalized spacial score (nSPS) is 18.9. The van der Waals surface area contributed by atoms with Crippen LogP contribution in [-0.4, -0.2) is 49.7 Å². The largest absolute Gasteiger partial charge is 0.354 e. The number of anilines is 1. The Hall–Kier alpha value is -1.13. The van der Waals surface area contributed by atoms with Gasteiger partial charge in [0.2, 0.25) is 0 Å². The third-order valence-electron chi connectivity index (χ3n) is 3.84. The molecule has 1 aliphatic heterocycles. The minimum absolute atomic E-state index is 0.345. The maximum absolute atomic E-state index is 4.59. The monoisotopic (exact) mass is 248 g/mol. The third kappa shape index (κ3) is 2.82. The molecule has 0 radical (unpaired) electrons. The molecule has 100 valence electrons. The van der Waals surface area contributed by atoms with Gasteiger partial charge in [-0.15, -0.1) is 0 Å². The Balaban J connectivity index is 2.13. The zero-order chi connectivity index (χ0) is 13.0. The molecule has 1 aliphatic rings. The highest BCUT2D eigenvalue weighted by atomic mass is 15.3. The van der Waals surface area contributed by atoms with Crippen LogP contribution >= 0.6 is 0 Å². The summed E-state index contributed by atoms with van der Waals surface area (Å²) in [6, 6.07) is 4.54. The highest BCUT2D eigenvalue weighted by Gasteiger charge is 2.20. The van der Waals surface area contributed by atoms with Crippen LogP contribution in [0.25, 0.3) is 0 Å². The van der Waals surface area contributed by atoms with E-state index in [4.69, 9.17) is 0 Å². The third-order valence-corrected chi connectivity index (χ3v) is 3.84. The molecular weight excluding hydrogens is 224 g/mol. The Labute approximate surface area is 110 Å². The van der Waals surface area contributed by atoms with Gasteiger partial charge in [-0.1, -0.05) is 13.0 Å². The molecule has 1 atom stereocenters. The summed E-state index contributed by atoms with van der Waals surface area (Å²) >= 11 is 0. The van der Waals surface area contributed by atoms with E-state index in [1.165, 1.54) is 5.56 Å². The standard InChI is InChI=1S/C14H24N4/c1-4-17-8-10-18(11-9-17)14-13(12(2)15-3)6-5-7-16-14/h5-7,12,15H,4,8-11H2,1-3H3. The van der Waals surface area contributed by atoms with Crippen molar-refractivity contribution in [2.75, 3.05) is 44.7 Å². The molecule has 0 bridgehead atoms. The first-order valence-electron chi connectivity index (χ1n) is 6.85. The number of nitrogens with one attached hydrogen (secondary N) is 1. The molecule has 0 spiro atoms. The van der Waals surface area contributed by atoms with Gasteiger partial charge in [0.15, 0.2) is 0 Å². The molecule has 1 fully saturated rings. The van der Waals surface area contributed by atoms with Crippen molar-refractivity contribution in [1.82, 2.24) is 15.2 Å². The quantitative estimate of drug-likeness (QED) is 0.875. The molecule has 2 heterocycles. The minimum Gasteiger partial charge on any atom is -0.354 e. The Bertz CT molecular complexity index is 372. The molecule has 1 unspecified atom stereocenters. The van der Waals surface area contributed by atoms with Gasteiger partial charge >= 0.3 is 0 Å². The van der Waals surface area contributed by atoms with E-state index in [1.54, 1.807) is 0 Å². The molecule has 0 aliphatic carbocycles. The fraction of sp³-hybridized carbons (Fsp3) is 0.643. The van der Waals surface area contributed by atoms with Crippen molar-refractivity contribution in [1.29, 1.82) is 0 Å². The highest BCUT2D eigenvalue weighted by Crippen LogP contribution is 2.24. The van der Waals surface area contributed by atoms with Crippen LogP contribution < -0.4 is 10.2 Å². The maximum atomic E-state index is 4.59. The van der Waals surface area contributed by atoms with E-state index in [9.17, 15) is 0 Å². The van der Waals surface area contributed by atoms with Gasteiger partial charge in [-0.2, -0.15) is 0 Å². The van der Waals surface area contributed by atoms with E-state index in [2.05, 4.69) is 40.0 Å². The molecule has 1 saturated heterocycles. The van der Waals surface area contributed by atoms with Gasteiger partial charge in [-0.25, -0.2) is 4.98 Å². The molecule has 0 saturated carbocycles. The fourth-order valence-corrected chi connectivity index (χ4v) is 2.44. The first kappa shape index (κ1) is 13.3. The molecule has 4 nitrogen and oxygen atoms in total. The lowest BCUT2D eigenvalue weighted by atomic mass is 10.1. The summed E-state index contributed by atoms with van der Waals surface area (Å²) < 4.78 is 0. The van der Waals surface area contributed by atoms with Crippen LogP contribution in [0.4, 0.5) is 5.82 Å². The number of aromatic nitrogens is 1. The van der Waals surface area contributed by atoms with Crippen molar-refractivity contribution in [2.24, 2.45) is 0 Å². The Morgan fingerprint density at radius 2 is 2.06 bits per heavy atom. The second-order valence-corrected chi connectivity index (χ2v) is 4.85.